The van der Waals surface area contributed by atoms with Gasteiger partial charge in [-0.15, -0.1) is 0 Å². The van der Waals surface area contributed by atoms with E-state index in [2.05, 4.69) is 19.2 Å². The number of hydrogen-bond acceptors (Lipinski definition) is 2. The van der Waals surface area contributed by atoms with Crippen molar-refractivity contribution in [1.29, 1.82) is 0 Å². The van der Waals surface area contributed by atoms with Crippen LogP contribution in [0.2, 0.25) is 0 Å². The topological polar surface area (TPSA) is 32.3 Å². The minimum absolute atomic E-state index is 0.0737. The number of aliphatic hydroxyl groups excluding tert-OH is 1. The van der Waals surface area contributed by atoms with Crippen LogP contribution in [0.15, 0.2) is 0 Å². The predicted molar refractivity (Wildman–Crippen MR) is 51.1 cm³/mol. The van der Waals surface area contributed by atoms with Gasteiger partial charge in [-0.05, 0) is 25.3 Å². The SMILES string of the molecule is CC(C)CNC1(CO)CCCC1. The van der Waals surface area contributed by atoms with Crippen LogP contribution in [0.4, 0.5) is 0 Å². The van der Waals surface area contributed by atoms with Gasteiger partial charge in [-0.25, -0.2) is 0 Å². The van der Waals surface area contributed by atoms with Crippen molar-refractivity contribution < 1.29 is 5.11 Å². The molecule has 2 nitrogen and oxygen atoms in total. The van der Waals surface area contributed by atoms with Gasteiger partial charge >= 0.3 is 0 Å². The van der Waals surface area contributed by atoms with Gasteiger partial charge in [0, 0.05) is 5.54 Å². The lowest BCUT2D eigenvalue weighted by Crippen LogP contribution is -2.47. The summed E-state index contributed by atoms with van der Waals surface area (Å²) < 4.78 is 0. The second-order valence-electron chi connectivity index (χ2n) is 4.42. The third-order valence-electron chi connectivity index (χ3n) is 2.75. The lowest BCUT2D eigenvalue weighted by molar-refractivity contribution is 0.160. The first kappa shape index (κ1) is 10.0. The minimum atomic E-state index is 0.0737. The third kappa shape index (κ3) is 2.46. The molecule has 1 aliphatic rings. The smallest absolute Gasteiger partial charge is 0.0613 e. The van der Waals surface area contributed by atoms with Crippen molar-refractivity contribution in [1.82, 2.24) is 5.32 Å². The Morgan fingerprint density at radius 3 is 2.33 bits per heavy atom. The number of hydrogen-bond donors (Lipinski definition) is 2. The Morgan fingerprint density at radius 1 is 1.33 bits per heavy atom. The van der Waals surface area contributed by atoms with Gasteiger partial charge in [-0.3, -0.25) is 0 Å². The molecule has 2 heteroatoms. The molecular weight excluding hydrogens is 150 g/mol. The van der Waals surface area contributed by atoms with Crippen molar-refractivity contribution in [2.24, 2.45) is 5.92 Å². The maximum atomic E-state index is 9.27. The molecule has 0 heterocycles. The summed E-state index contributed by atoms with van der Waals surface area (Å²) in [5.74, 6) is 0.675. The molecular formula is C10H21NO. The first-order valence-electron chi connectivity index (χ1n) is 5.04. The van der Waals surface area contributed by atoms with E-state index in [1.165, 1.54) is 12.8 Å². The summed E-state index contributed by atoms with van der Waals surface area (Å²) in [6, 6.07) is 0. The van der Waals surface area contributed by atoms with E-state index in [4.69, 9.17) is 0 Å². The molecule has 1 saturated carbocycles. The molecule has 0 spiro atoms. The molecule has 0 bridgehead atoms. The summed E-state index contributed by atoms with van der Waals surface area (Å²) in [5, 5.41) is 12.8. The van der Waals surface area contributed by atoms with Crippen LogP contribution in [0.5, 0.6) is 0 Å². The molecule has 0 aromatic heterocycles. The summed E-state index contributed by atoms with van der Waals surface area (Å²) >= 11 is 0. The van der Waals surface area contributed by atoms with Crippen LogP contribution in [0, 0.1) is 5.92 Å². The molecule has 72 valence electrons. The maximum Gasteiger partial charge on any atom is 0.0613 e. The minimum Gasteiger partial charge on any atom is -0.394 e. The molecule has 0 unspecified atom stereocenters. The highest BCUT2D eigenvalue weighted by atomic mass is 16.3. The van der Waals surface area contributed by atoms with Crippen LogP contribution in [0.1, 0.15) is 39.5 Å². The largest absolute Gasteiger partial charge is 0.394 e. The van der Waals surface area contributed by atoms with Crippen molar-refractivity contribution in [3.63, 3.8) is 0 Å². The lowest BCUT2D eigenvalue weighted by atomic mass is 9.98. The molecule has 0 atom stereocenters. The predicted octanol–water partition coefficient (Wildman–Crippen LogP) is 1.54. The molecule has 0 aromatic carbocycles. The van der Waals surface area contributed by atoms with Crippen LogP contribution in [-0.4, -0.2) is 23.8 Å². The Hall–Kier alpha value is -0.0800. The molecule has 0 radical (unpaired) electrons. The Morgan fingerprint density at radius 2 is 1.92 bits per heavy atom. The molecule has 0 aliphatic heterocycles. The van der Waals surface area contributed by atoms with E-state index in [1.807, 2.05) is 0 Å². The summed E-state index contributed by atoms with van der Waals surface area (Å²) in [6.07, 6.45) is 4.84. The molecule has 12 heavy (non-hydrogen) atoms. The Kier molecular flexibility index (Phi) is 3.53. The van der Waals surface area contributed by atoms with Crippen LogP contribution in [0.3, 0.4) is 0 Å². The summed E-state index contributed by atoms with van der Waals surface area (Å²) in [6.45, 7) is 5.74. The third-order valence-corrected chi connectivity index (χ3v) is 2.75. The zero-order chi connectivity index (χ0) is 9.03. The van der Waals surface area contributed by atoms with Gasteiger partial charge < -0.3 is 10.4 Å². The molecule has 0 aromatic rings. The van der Waals surface area contributed by atoms with Gasteiger partial charge in [0.25, 0.3) is 0 Å². The monoisotopic (exact) mass is 171 g/mol. The second kappa shape index (κ2) is 4.24. The zero-order valence-corrected chi connectivity index (χ0v) is 8.27. The lowest BCUT2D eigenvalue weighted by Gasteiger charge is -2.29. The summed E-state index contributed by atoms with van der Waals surface area (Å²) in [5.41, 5.74) is 0.0737. The normalized spacial score (nSPS) is 22.0. The molecule has 0 saturated heterocycles. The van der Waals surface area contributed by atoms with Gasteiger partial charge in [-0.2, -0.15) is 0 Å². The van der Waals surface area contributed by atoms with E-state index in [0.717, 1.165) is 19.4 Å². The van der Waals surface area contributed by atoms with Crippen molar-refractivity contribution in [2.75, 3.05) is 13.2 Å². The van der Waals surface area contributed by atoms with E-state index in [-0.39, 0.29) is 5.54 Å². The van der Waals surface area contributed by atoms with Gasteiger partial charge in [0.1, 0.15) is 0 Å². The molecule has 1 rings (SSSR count). The molecule has 1 aliphatic carbocycles. The standard InChI is InChI=1S/C10H21NO/c1-9(2)7-11-10(8-12)5-3-4-6-10/h9,11-12H,3-8H2,1-2H3. The average Bonchev–Trinajstić information content (AvgIpc) is 2.50. The van der Waals surface area contributed by atoms with E-state index in [0.29, 0.717) is 12.5 Å². The molecule has 2 N–H and O–H groups in total. The first-order chi connectivity index (χ1) is 5.68. The van der Waals surface area contributed by atoms with Gasteiger partial charge in [-0.1, -0.05) is 26.7 Å². The maximum absolute atomic E-state index is 9.27. The van der Waals surface area contributed by atoms with E-state index >= 15 is 0 Å². The number of aliphatic hydroxyl groups is 1. The Bertz CT molecular complexity index is 128. The highest BCUT2D eigenvalue weighted by Gasteiger charge is 2.32. The quantitative estimate of drug-likeness (QED) is 0.672. The number of nitrogens with one attached hydrogen (secondary N) is 1. The van der Waals surface area contributed by atoms with Crippen molar-refractivity contribution in [3.05, 3.63) is 0 Å². The van der Waals surface area contributed by atoms with Crippen molar-refractivity contribution in [3.8, 4) is 0 Å². The fourth-order valence-corrected chi connectivity index (χ4v) is 1.86. The average molecular weight is 171 g/mol. The highest BCUT2D eigenvalue weighted by molar-refractivity contribution is 4.92. The van der Waals surface area contributed by atoms with Crippen molar-refractivity contribution in [2.45, 2.75) is 45.1 Å². The van der Waals surface area contributed by atoms with Gasteiger partial charge in [0.15, 0.2) is 0 Å². The fourth-order valence-electron chi connectivity index (χ4n) is 1.86. The van der Waals surface area contributed by atoms with E-state index in [1.54, 1.807) is 0 Å². The molecule has 1 fully saturated rings. The Labute approximate surface area is 75.4 Å². The van der Waals surface area contributed by atoms with Crippen molar-refractivity contribution >= 4 is 0 Å². The fraction of sp³-hybridized carbons (Fsp3) is 1.00. The molecule has 0 amide bonds. The van der Waals surface area contributed by atoms with E-state index < -0.39 is 0 Å². The number of rotatable bonds is 4. The highest BCUT2D eigenvalue weighted by Crippen LogP contribution is 2.29. The van der Waals surface area contributed by atoms with Crippen LogP contribution in [0.25, 0.3) is 0 Å². The van der Waals surface area contributed by atoms with Crippen LogP contribution >= 0.6 is 0 Å². The summed E-state index contributed by atoms with van der Waals surface area (Å²) in [7, 11) is 0. The van der Waals surface area contributed by atoms with Crippen LogP contribution < -0.4 is 5.32 Å². The zero-order valence-electron chi connectivity index (χ0n) is 8.27. The van der Waals surface area contributed by atoms with E-state index in [9.17, 15) is 5.11 Å². The first-order valence-corrected chi connectivity index (χ1v) is 5.04. The van der Waals surface area contributed by atoms with Gasteiger partial charge in [0.05, 0.1) is 6.61 Å². The second-order valence-corrected chi connectivity index (χ2v) is 4.42. The summed E-state index contributed by atoms with van der Waals surface area (Å²) in [4.78, 5) is 0. The van der Waals surface area contributed by atoms with Gasteiger partial charge in [0.2, 0.25) is 0 Å². The Balaban J connectivity index is 2.34. The van der Waals surface area contributed by atoms with Crippen LogP contribution in [-0.2, 0) is 0 Å².